The summed E-state index contributed by atoms with van der Waals surface area (Å²) < 4.78 is 13.1. The maximum atomic E-state index is 11.7. The van der Waals surface area contributed by atoms with Crippen LogP contribution >= 0.6 is 0 Å². The molecule has 0 bridgehead atoms. The summed E-state index contributed by atoms with van der Waals surface area (Å²) >= 11 is 0. The highest BCUT2D eigenvalue weighted by Gasteiger charge is 2.05. The Kier molecular flexibility index (Phi) is 3.39. The van der Waals surface area contributed by atoms with Crippen molar-refractivity contribution in [2.45, 2.75) is 0 Å². The minimum Gasteiger partial charge on any atom is -0.349 e. The maximum Gasteiger partial charge on any atom is 0.251 e. The SMILES string of the molecule is Cn1ccc(C(=O)NCCF)cc1=O. The molecule has 0 spiro atoms. The van der Waals surface area contributed by atoms with Crippen molar-refractivity contribution in [2.24, 2.45) is 7.05 Å². The highest BCUT2D eigenvalue weighted by atomic mass is 19.1. The molecule has 0 fully saturated rings. The van der Waals surface area contributed by atoms with Crippen molar-refractivity contribution in [3.8, 4) is 0 Å². The van der Waals surface area contributed by atoms with Gasteiger partial charge in [-0.05, 0) is 6.07 Å². The molecule has 0 unspecified atom stereocenters. The molecule has 76 valence electrons. The van der Waals surface area contributed by atoms with Crippen LogP contribution in [0.15, 0.2) is 23.1 Å². The summed E-state index contributed by atoms with van der Waals surface area (Å²) in [5.41, 5.74) is -0.0144. The van der Waals surface area contributed by atoms with Gasteiger partial charge in [-0.25, -0.2) is 4.39 Å². The Morgan fingerprint density at radius 3 is 2.93 bits per heavy atom. The van der Waals surface area contributed by atoms with Crippen LogP contribution in [-0.2, 0) is 7.05 Å². The molecule has 14 heavy (non-hydrogen) atoms. The van der Waals surface area contributed by atoms with Gasteiger partial charge in [-0.1, -0.05) is 0 Å². The van der Waals surface area contributed by atoms with Gasteiger partial charge in [0.1, 0.15) is 6.67 Å². The molecule has 1 aromatic heterocycles. The molecule has 0 aliphatic heterocycles. The Bertz CT molecular complexity index is 387. The molecule has 0 aromatic carbocycles. The second kappa shape index (κ2) is 4.55. The van der Waals surface area contributed by atoms with Crippen LogP contribution in [0.2, 0.25) is 0 Å². The Balaban J connectivity index is 2.81. The normalized spacial score (nSPS) is 9.86. The van der Waals surface area contributed by atoms with E-state index in [1.807, 2.05) is 0 Å². The van der Waals surface area contributed by atoms with Gasteiger partial charge in [0.05, 0.1) is 0 Å². The summed E-state index contributed by atoms with van der Waals surface area (Å²) in [5.74, 6) is -0.430. The lowest BCUT2D eigenvalue weighted by molar-refractivity contribution is 0.0950. The predicted molar refractivity (Wildman–Crippen MR) is 50.0 cm³/mol. The zero-order chi connectivity index (χ0) is 10.6. The van der Waals surface area contributed by atoms with Crippen LogP contribution in [0.4, 0.5) is 4.39 Å². The zero-order valence-electron chi connectivity index (χ0n) is 7.79. The number of hydrogen-bond acceptors (Lipinski definition) is 2. The van der Waals surface area contributed by atoms with Gasteiger partial charge in [0, 0.05) is 31.4 Å². The first kappa shape index (κ1) is 10.4. The molecule has 0 atom stereocenters. The van der Waals surface area contributed by atoms with E-state index in [1.165, 1.54) is 22.9 Å². The van der Waals surface area contributed by atoms with Gasteiger partial charge in [0.2, 0.25) is 0 Å². The fraction of sp³-hybridized carbons (Fsp3) is 0.333. The first-order valence-electron chi connectivity index (χ1n) is 4.16. The summed E-state index contributed by atoms with van der Waals surface area (Å²) in [4.78, 5) is 22.4. The van der Waals surface area contributed by atoms with Crippen molar-refractivity contribution in [1.29, 1.82) is 0 Å². The first-order valence-corrected chi connectivity index (χ1v) is 4.16. The maximum absolute atomic E-state index is 11.7. The number of aryl methyl sites for hydroxylation is 1. The summed E-state index contributed by atoms with van der Waals surface area (Å²) in [5, 5.41) is 2.33. The number of aromatic nitrogens is 1. The van der Waals surface area contributed by atoms with E-state index >= 15 is 0 Å². The minimum atomic E-state index is -0.615. The zero-order valence-corrected chi connectivity index (χ0v) is 7.79. The van der Waals surface area contributed by atoms with E-state index < -0.39 is 12.6 Å². The molecule has 0 radical (unpaired) electrons. The van der Waals surface area contributed by atoms with Crippen molar-refractivity contribution < 1.29 is 9.18 Å². The molecule has 1 rings (SSSR count). The topological polar surface area (TPSA) is 51.1 Å². The van der Waals surface area contributed by atoms with E-state index in [9.17, 15) is 14.0 Å². The molecule has 4 nitrogen and oxygen atoms in total. The molecule has 0 saturated heterocycles. The number of hydrogen-bond donors (Lipinski definition) is 1. The largest absolute Gasteiger partial charge is 0.349 e. The van der Waals surface area contributed by atoms with E-state index in [0.717, 1.165) is 0 Å². The molecular weight excluding hydrogens is 187 g/mol. The standard InChI is InChI=1S/C9H11FN2O2/c1-12-5-2-7(6-8(12)13)9(14)11-4-3-10/h2,5-6H,3-4H2,1H3,(H,11,14). The molecule has 0 aliphatic carbocycles. The second-order valence-corrected chi connectivity index (χ2v) is 2.81. The third-order valence-corrected chi connectivity index (χ3v) is 1.75. The van der Waals surface area contributed by atoms with Crippen molar-refractivity contribution in [1.82, 2.24) is 9.88 Å². The van der Waals surface area contributed by atoms with Crippen molar-refractivity contribution in [2.75, 3.05) is 13.2 Å². The third-order valence-electron chi connectivity index (χ3n) is 1.75. The van der Waals surface area contributed by atoms with Crippen molar-refractivity contribution >= 4 is 5.91 Å². The number of carbonyl (C=O) groups excluding carboxylic acids is 1. The molecule has 5 heteroatoms. The number of nitrogens with zero attached hydrogens (tertiary/aromatic N) is 1. The highest BCUT2D eigenvalue weighted by molar-refractivity contribution is 5.93. The van der Waals surface area contributed by atoms with Gasteiger partial charge in [-0.2, -0.15) is 0 Å². The predicted octanol–water partition coefficient (Wildman–Crippen LogP) is 0.0846. The van der Waals surface area contributed by atoms with Gasteiger partial charge < -0.3 is 9.88 Å². The summed E-state index contributed by atoms with van der Waals surface area (Å²) in [6, 6.07) is 2.72. The van der Waals surface area contributed by atoms with Crippen LogP contribution in [0.25, 0.3) is 0 Å². The second-order valence-electron chi connectivity index (χ2n) is 2.81. The Labute approximate surface area is 80.4 Å². The van der Waals surface area contributed by atoms with Crippen LogP contribution in [0.5, 0.6) is 0 Å². The molecule has 0 saturated carbocycles. The lowest BCUT2D eigenvalue weighted by Gasteiger charge is -2.02. The van der Waals surface area contributed by atoms with Crippen LogP contribution in [0, 0.1) is 0 Å². The number of halogens is 1. The average Bonchev–Trinajstić information content (AvgIpc) is 2.18. The highest BCUT2D eigenvalue weighted by Crippen LogP contribution is 1.93. The summed E-state index contributed by atoms with van der Waals surface area (Å²) in [7, 11) is 1.59. The summed E-state index contributed by atoms with van der Waals surface area (Å²) in [6.07, 6.45) is 1.49. The Morgan fingerprint density at radius 2 is 2.36 bits per heavy atom. The van der Waals surface area contributed by atoms with E-state index in [0.29, 0.717) is 0 Å². The van der Waals surface area contributed by atoms with Gasteiger partial charge >= 0.3 is 0 Å². The van der Waals surface area contributed by atoms with Gasteiger partial charge in [0.25, 0.3) is 11.5 Å². The summed E-state index contributed by atoms with van der Waals surface area (Å²) in [6.45, 7) is -0.648. The number of alkyl halides is 1. The first-order chi connectivity index (χ1) is 6.65. The van der Waals surface area contributed by atoms with Gasteiger partial charge in [-0.15, -0.1) is 0 Å². The van der Waals surface area contributed by atoms with E-state index in [-0.39, 0.29) is 17.7 Å². The van der Waals surface area contributed by atoms with E-state index in [1.54, 1.807) is 7.05 Å². The molecule has 1 amide bonds. The van der Waals surface area contributed by atoms with Crippen molar-refractivity contribution in [3.05, 3.63) is 34.2 Å². The molecule has 1 aromatic rings. The van der Waals surface area contributed by atoms with Crippen LogP contribution < -0.4 is 10.9 Å². The number of carbonyl (C=O) groups is 1. The number of rotatable bonds is 3. The van der Waals surface area contributed by atoms with Crippen LogP contribution in [-0.4, -0.2) is 23.7 Å². The fourth-order valence-electron chi connectivity index (χ4n) is 0.953. The lowest BCUT2D eigenvalue weighted by atomic mass is 10.2. The van der Waals surface area contributed by atoms with Crippen LogP contribution in [0.1, 0.15) is 10.4 Å². The van der Waals surface area contributed by atoms with Gasteiger partial charge in [-0.3, -0.25) is 9.59 Å². The molecule has 1 N–H and O–H groups in total. The third kappa shape index (κ3) is 2.42. The lowest BCUT2D eigenvalue weighted by Crippen LogP contribution is -2.27. The number of amides is 1. The molecular formula is C9H11FN2O2. The van der Waals surface area contributed by atoms with Crippen LogP contribution in [0.3, 0.4) is 0 Å². The number of pyridine rings is 1. The van der Waals surface area contributed by atoms with E-state index in [4.69, 9.17) is 0 Å². The molecule has 0 aliphatic rings. The average molecular weight is 198 g/mol. The minimum absolute atomic E-state index is 0.0337. The number of nitrogens with one attached hydrogen (secondary N) is 1. The van der Waals surface area contributed by atoms with Gasteiger partial charge in [0.15, 0.2) is 0 Å². The van der Waals surface area contributed by atoms with Crippen molar-refractivity contribution in [3.63, 3.8) is 0 Å². The monoisotopic (exact) mass is 198 g/mol. The Morgan fingerprint density at radius 1 is 1.64 bits per heavy atom. The fourth-order valence-corrected chi connectivity index (χ4v) is 0.953. The molecule has 1 heterocycles. The Hall–Kier alpha value is -1.65. The smallest absolute Gasteiger partial charge is 0.251 e. The van der Waals surface area contributed by atoms with E-state index in [2.05, 4.69) is 5.32 Å². The quantitative estimate of drug-likeness (QED) is 0.748.